The standard InChI is InChI=1S/C9H18N2O/c1-11(8-5-6-8)9(12)4-2-3-7-10/h8H,2-7,10H2,1H3. The number of nitrogens with zero attached hydrogens (tertiary/aromatic N) is 1. The van der Waals surface area contributed by atoms with Crippen molar-refractivity contribution in [3.05, 3.63) is 0 Å². The van der Waals surface area contributed by atoms with Gasteiger partial charge in [-0.25, -0.2) is 0 Å². The van der Waals surface area contributed by atoms with E-state index in [9.17, 15) is 4.79 Å². The van der Waals surface area contributed by atoms with Gasteiger partial charge in [0.1, 0.15) is 0 Å². The lowest BCUT2D eigenvalue weighted by molar-refractivity contribution is -0.130. The largest absolute Gasteiger partial charge is 0.343 e. The Hall–Kier alpha value is -0.570. The van der Waals surface area contributed by atoms with Gasteiger partial charge in [-0.05, 0) is 32.2 Å². The molecule has 0 aliphatic heterocycles. The van der Waals surface area contributed by atoms with E-state index in [1.165, 1.54) is 12.8 Å². The van der Waals surface area contributed by atoms with E-state index in [1.807, 2.05) is 11.9 Å². The van der Waals surface area contributed by atoms with Crippen molar-refractivity contribution in [2.75, 3.05) is 13.6 Å². The lowest BCUT2D eigenvalue weighted by Crippen LogP contribution is -2.28. The van der Waals surface area contributed by atoms with Crippen LogP contribution in [-0.2, 0) is 4.79 Å². The molecule has 1 rings (SSSR count). The third kappa shape index (κ3) is 2.81. The molecule has 0 aromatic carbocycles. The Balaban J connectivity index is 2.09. The molecule has 0 radical (unpaired) electrons. The van der Waals surface area contributed by atoms with Crippen LogP contribution in [0.1, 0.15) is 32.1 Å². The van der Waals surface area contributed by atoms with Gasteiger partial charge in [-0.15, -0.1) is 0 Å². The summed E-state index contributed by atoms with van der Waals surface area (Å²) in [4.78, 5) is 13.3. The number of carbonyl (C=O) groups excluding carboxylic acids is 1. The van der Waals surface area contributed by atoms with Gasteiger partial charge in [0.05, 0.1) is 0 Å². The molecule has 0 saturated heterocycles. The van der Waals surface area contributed by atoms with Gasteiger partial charge in [0.2, 0.25) is 5.91 Å². The van der Waals surface area contributed by atoms with E-state index >= 15 is 0 Å². The maximum absolute atomic E-state index is 11.4. The van der Waals surface area contributed by atoms with Crippen LogP contribution in [0.3, 0.4) is 0 Å². The fourth-order valence-corrected chi connectivity index (χ4v) is 1.26. The quantitative estimate of drug-likeness (QED) is 0.618. The van der Waals surface area contributed by atoms with Crippen molar-refractivity contribution in [2.45, 2.75) is 38.1 Å². The second-order valence-electron chi connectivity index (χ2n) is 3.48. The highest BCUT2D eigenvalue weighted by Crippen LogP contribution is 2.25. The van der Waals surface area contributed by atoms with Gasteiger partial charge in [-0.2, -0.15) is 0 Å². The molecule has 1 amide bonds. The average molecular weight is 170 g/mol. The van der Waals surface area contributed by atoms with Crippen molar-refractivity contribution < 1.29 is 4.79 Å². The lowest BCUT2D eigenvalue weighted by atomic mass is 10.2. The number of carbonyl (C=O) groups is 1. The summed E-state index contributed by atoms with van der Waals surface area (Å²) < 4.78 is 0. The average Bonchev–Trinajstić information content (AvgIpc) is 2.86. The van der Waals surface area contributed by atoms with Crippen molar-refractivity contribution in [1.29, 1.82) is 0 Å². The second kappa shape index (κ2) is 4.45. The van der Waals surface area contributed by atoms with Crippen LogP contribution in [0.15, 0.2) is 0 Å². The zero-order valence-corrected chi connectivity index (χ0v) is 7.75. The molecule has 2 N–H and O–H groups in total. The van der Waals surface area contributed by atoms with Gasteiger partial charge >= 0.3 is 0 Å². The second-order valence-corrected chi connectivity index (χ2v) is 3.48. The predicted molar refractivity (Wildman–Crippen MR) is 48.7 cm³/mol. The highest BCUT2D eigenvalue weighted by molar-refractivity contribution is 5.76. The van der Waals surface area contributed by atoms with Gasteiger partial charge in [0.15, 0.2) is 0 Å². The van der Waals surface area contributed by atoms with E-state index in [0.717, 1.165) is 12.8 Å². The highest BCUT2D eigenvalue weighted by Gasteiger charge is 2.28. The van der Waals surface area contributed by atoms with Crippen LogP contribution in [0, 0.1) is 0 Å². The number of amides is 1. The molecular weight excluding hydrogens is 152 g/mol. The minimum atomic E-state index is 0.283. The Morgan fingerprint density at radius 2 is 2.17 bits per heavy atom. The SMILES string of the molecule is CN(C(=O)CCCCN)C1CC1. The first-order valence-electron chi connectivity index (χ1n) is 4.71. The molecule has 3 nitrogen and oxygen atoms in total. The summed E-state index contributed by atoms with van der Waals surface area (Å²) in [6.07, 6.45) is 4.96. The van der Waals surface area contributed by atoms with Crippen LogP contribution in [0.2, 0.25) is 0 Å². The number of rotatable bonds is 5. The molecule has 70 valence electrons. The fraction of sp³-hybridized carbons (Fsp3) is 0.889. The third-order valence-corrected chi connectivity index (χ3v) is 2.33. The van der Waals surface area contributed by atoms with Crippen molar-refractivity contribution in [3.8, 4) is 0 Å². The molecule has 1 fully saturated rings. The fourth-order valence-electron chi connectivity index (χ4n) is 1.26. The van der Waals surface area contributed by atoms with Crippen LogP contribution in [-0.4, -0.2) is 30.4 Å². The van der Waals surface area contributed by atoms with E-state index in [-0.39, 0.29) is 5.91 Å². The van der Waals surface area contributed by atoms with E-state index in [1.54, 1.807) is 0 Å². The Morgan fingerprint density at radius 3 is 2.67 bits per heavy atom. The monoisotopic (exact) mass is 170 g/mol. The maximum atomic E-state index is 11.4. The third-order valence-electron chi connectivity index (χ3n) is 2.33. The van der Waals surface area contributed by atoms with Gasteiger partial charge in [-0.1, -0.05) is 0 Å². The van der Waals surface area contributed by atoms with Gasteiger partial charge in [0.25, 0.3) is 0 Å². The van der Waals surface area contributed by atoms with E-state index in [4.69, 9.17) is 5.73 Å². The van der Waals surface area contributed by atoms with Crippen molar-refractivity contribution in [2.24, 2.45) is 5.73 Å². The van der Waals surface area contributed by atoms with E-state index < -0.39 is 0 Å². The molecule has 1 saturated carbocycles. The Kier molecular flexibility index (Phi) is 3.53. The first kappa shape index (κ1) is 9.52. The summed E-state index contributed by atoms with van der Waals surface area (Å²) in [5.74, 6) is 0.283. The minimum absolute atomic E-state index is 0.283. The molecule has 0 bridgehead atoms. The van der Waals surface area contributed by atoms with Gasteiger partial charge in [0, 0.05) is 19.5 Å². The van der Waals surface area contributed by atoms with E-state index in [0.29, 0.717) is 19.0 Å². The normalized spacial score (nSPS) is 16.2. The first-order valence-corrected chi connectivity index (χ1v) is 4.71. The summed E-state index contributed by atoms with van der Waals surface area (Å²) in [5.41, 5.74) is 5.34. The molecule has 1 aliphatic carbocycles. The Labute approximate surface area is 73.9 Å². The molecule has 1 aliphatic rings. The highest BCUT2D eigenvalue weighted by atomic mass is 16.2. The summed E-state index contributed by atoms with van der Waals surface area (Å²) in [5, 5.41) is 0. The summed E-state index contributed by atoms with van der Waals surface area (Å²) in [6, 6.07) is 0.551. The maximum Gasteiger partial charge on any atom is 0.222 e. The molecule has 0 atom stereocenters. The molecule has 0 aromatic rings. The van der Waals surface area contributed by atoms with Gasteiger partial charge in [-0.3, -0.25) is 4.79 Å². The van der Waals surface area contributed by atoms with Crippen LogP contribution in [0.25, 0.3) is 0 Å². The zero-order chi connectivity index (χ0) is 8.97. The number of nitrogens with two attached hydrogens (primary N) is 1. The van der Waals surface area contributed by atoms with Crippen molar-refractivity contribution in [1.82, 2.24) is 4.90 Å². The molecule has 3 heteroatoms. The zero-order valence-electron chi connectivity index (χ0n) is 7.75. The van der Waals surface area contributed by atoms with E-state index in [2.05, 4.69) is 0 Å². The molecule has 12 heavy (non-hydrogen) atoms. The minimum Gasteiger partial charge on any atom is -0.343 e. The summed E-state index contributed by atoms with van der Waals surface area (Å²) >= 11 is 0. The smallest absolute Gasteiger partial charge is 0.222 e. The number of unbranched alkanes of at least 4 members (excludes halogenated alkanes) is 1. The van der Waals surface area contributed by atoms with Crippen LogP contribution >= 0.6 is 0 Å². The van der Waals surface area contributed by atoms with Gasteiger partial charge < -0.3 is 10.6 Å². The number of hydrogen-bond acceptors (Lipinski definition) is 2. The Morgan fingerprint density at radius 1 is 1.50 bits per heavy atom. The molecule has 0 aromatic heterocycles. The van der Waals surface area contributed by atoms with Crippen LogP contribution in [0.4, 0.5) is 0 Å². The molecular formula is C9H18N2O. The number of hydrogen-bond donors (Lipinski definition) is 1. The molecule has 0 spiro atoms. The molecule has 0 unspecified atom stereocenters. The topological polar surface area (TPSA) is 46.3 Å². The van der Waals surface area contributed by atoms with Crippen molar-refractivity contribution in [3.63, 3.8) is 0 Å². The summed E-state index contributed by atoms with van der Waals surface area (Å²) in [7, 11) is 1.91. The van der Waals surface area contributed by atoms with Crippen LogP contribution in [0.5, 0.6) is 0 Å². The first-order chi connectivity index (χ1) is 5.75. The van der Waals surface area contributed by atoms with Crippen molar-refractivity contribution >= 4 is 5.91 Å². The van der Waals surface area contributed by atoms with Crippen LogP contribution < -0.4 is 5.73 Å². The Bertz CT molecular complexity index is 155. The predicted octanol–water partition coefficient (Wildman–Crippen LogP) is 0.736. The summed E-state index contributed by atoms with van der Waals surface area (Å²) in [6.45, 7) is 0.695. The molecule has 0 heterocycles. The lowest BCUT2D eigenvalue weighted by Gasteiger charge is -2.15.